The Balaban J connectivity index is 1.82. The van der Waals surface area contributed by atoms with E-state index in [1.165, 1.54) is 12.1 Å². The molecular weight excluding hydrogens is 205 g/mol. The Morgan fingerprint density at radius 1 is 1.25 bits per heavy atom. The van der Waals surface area contributed by atoms with E-state index in [0.29, 0.717) is 12.6 Å². The van der Waals surface area contributed by atoms with Crippen molar-refractivity contribution in [3.05, 3.63) is 47.8 Å². The van der Waals surface area contributed by atoms with Crippen molar-refractivity contribution in [2.45, 2.75) is 25.0 Å². The van der Waals surface area contributed by atoms with Gasteiger partial charge in [0.15, 0.2) is 0 Å². The topological polar surface area (TPSA) is 32.3 Å². The highest BCUT2D eigenvalue weighted by molar-refractivity contribution is 5.18. The Hall–Kier alpha value is -1.19. The van der Waals surface area contributed by atoms with Crippen molar-refractivity contribution in [1.29, 1.82) is 0 Å². The first kappa shape index (κ1) is 11.3. The van der Waals surface area contributed by atoms with Crippen LogP contribution >= 0.6 is 0 Å². The Morgan fingerprint density at radius 3 is 2.50 bits per heavy atom. The monoisotopic (exact) mass is 221 g/mol. The summed E-state index contributed by atoms with van der Waals surface area (Å²) < 4.78 is 12.7. The molecule has 1 aromatic rings. The van der Waals surface area contributed by atoms with E-state index in [9.17, 15) is 9.50 Å². The smallest absolute Gasteiger partial charge is 0.123 e. The van der Waals surface area contributed by atoms with Crippen LogP contribution in [0.1, 0.15) is 24.5 Å². The summed E-state index contributed by atoms with van der Waals surface area (Å²) in [7, 11) is 0. The Labute approximate surface area is 94.8 Å². The van der Waals surface area contributed by atoms with Gasteiger partial charge in [0, 0.05) is 12.6 Å². The first-order chi connectivity index (χ1) is 7.75. The summed E-state index contributed by atoms with van der Waals surface area (Å²) in [5.41, 5.74) is 0.750. The molecule has 0 aromatic heterocycles. The number of rotatable bonds is 4. The van der Waals surface area contributed by atoms with Crippen LogP contribution in [0.25, 0.3) is 0 Å². The second kappa shape index (κ2) is 5.23. The molecule has 1 aromatic carbocycles. The van der Waals surface area contributed by atoms with Crippen LogP contribution in [0, 0.1) is 5.82 Å². The van der Waals surface area contributed by atoms with Crippen molar-refractivity contribution in [2.24, 2.45) is 0 Å². The quantitative estimate of drug-likeness (QED) is 0.764. The number of hydrogen-bond donors (Lipinski definition) is 2. The number of nitrogens with one attached hydrogen (secondary N) is 1. The Morgan fingerprint density at radius 2 is 1.88 bits per heavy atom. The molecule has 16 heavy (non-hydrogen) atoms. The SMILES string of the molecule is OC(CNC1CC=CC1)c1ccc(F)cc1. The maximum Gasteiger partial charge on any atom is 0.123 e. The van der Waals surface area contributed by atoms with Gasteiger partial charge in [-0.1, -0.05) is 24.3 Å². The van der Waals surface area contributed by atoms with Gasteiger partial charge in [0.25, 0.3) is 0 Å². The van der Waals surface area contributed by atoms with E-state index < -0.39 is 6.10 Å². The lowest BCUT2D eigenvalue weighted by Crippen LogP contribution is -2.30. The molecule has 1 aliphatic carbocycles. The van der Waals surface area contributed by atoms with Gasteiger partial charge in [0.2, 0.25) is 0 Å². The highest BCUT2D eigenvalue weighted by atomic mass is 19.1. The second-order valence-corrected chi connectivity index (χ2v) is 4.12. The van der Waals surface area contributed by atoms with Gasteiger partial charge in [-0.15, -0.1) is 0 Å². The Bertz CT molecular complexity index is 353. The van der Waals surface area contributed by atoms with E-state index in [4.69, 9.17) is 0 Å². The molecule has 0 aliphatic heterocycles. The van der Waals surface area contributed by atoms with Gasteiger partial charge in [-0.05, 0) is 30.5 Å². The molecular formula is C13H16FNO. The summed E-state index contributed by atoms with van der Waals surface area (Å²) in [5.74, 6) is -0.274. The number of hydrogen-bond acceptors (Lipinski definition) is 2. The molecule has 0 saturated heterocycles. The van der Waals surface area contributed by atoms with Crippen molar-refractivity contribution in [3.8, 4) is 0 Å². The minimum Gasteiger partial charge on any atom is -0.387 e. The highest BCUT2D eigenvalue weighted by Gasteiger charge is 2.12. The molecule has 2 nitrogen and oxygen atoms in total. The predicted molar refractivity (Wildman–Crippen MR) is 61.5 cm³/mol. The van der Waals surface area contributed by atoms with Gasteiger partial charge >= 0.3 is 0 Å². The molecule has 0 spiro atoms. The largest absolute Gasteiger partial charge is 0.387 e. The molecule has 0 amide bonds. The van der Waals surface area contributed by atoms with E-state index in [1.807, 2.05) is 0 Å². The van der Waals surface area contributed by atoms with E-state index in [2.05, 4.69) is 17.5 Å². The summed E-state index contributed by atoms with van der Waals surface area (Å²) in [4.78, 5) is 0. The third-order valence-corrected chi connectivity index (χ3v) is 2.86. The van der Waals surface area contributed by atoms with Gasteiger partial charge in [-0.2, -0.15) is 0 Å². The predicted octanol–water partition coefficient (Wildman–Crippen LogP) is 2.17. The molecule has 0 heterocycles. The van der Waals surface area contributed by atoms with Crippen molar-refractivity contribution in [1.82, 2.24) is 5.32 Å². The van der Waals surface area contributed by atoms with Crippen molar-refractivity contribution < 1.29 is 9.50 Å². The zero-order valence-electron chi connectivity index (χ0n) is 9.07. The standard InChI is InChI=1S/C13H16FNO/c14-11-7-5-10(6-8-11)13(16)9-15-12-3-1-2-4-12/h1-2,5-8,12-13,15-16H,3-4,9H2. The first-order valence-electron chi connectivity index (χ1n) is 5.57. The fourth-order valence-corrected chi connectivity index (χ4v) is 1.86. The average Bonchev–Trinajstić information content (AvgIpc) is 2.80. The van der Waals surface area contributed by atoms with E-state index in [1.54, 1.807) is 12.1 Å². The highest BCUT2D eigenvalue weighted by Crippen LogP contribution is 2.14. The first-order valence-corrected chi connectivity index (χ1v) is 5.57. The zero-order valence-corrected chi connectivity index (χ0v) is 9.07. The van der Waals surface area contributed by atoms with Crippen LogP contribution in [0.15, 0.2) is 36.4 Å². The minimum atomic E-state index is -0.568. The fourth-order valence-electron chi connectivity index (χ4n) is 1.86. The van der Waals surface area contributed by atoms with Gasteiger partial charge in [0.05, 0.1) is 6.10 Å². The average molecular weight is 221 g/mol. The van der Waals surface area contributed by atoms with Crippen LogP contribution < -0.4 is 5.32 Å². The van der Waals surface area contributed by atoms with E-state index in [-0.39, 0.29) is 5.82 Å². The molecule has 3 heteroatoms. The molecule has 1 atom stereocenters. The second-order valence-electron chi connectivity index (χ2n) is 4.12. The minimum absolute atomic E-state index is 0.274. The molecule has 0 bridgehead atoms. The van der Waals surface area contributed by atoms with Gasteiger partial charge < -0.3 is 10.4 Å². The van der Waals surface area contributed by atoms with Crippen molar-refractivity contribution >= 4 is 0 Å². The fraction of sp³-hybridized carbons (Fsp3) is 0.385. The lowest BCUT2D eigenvalue weighted by atomic mass is 10.1. The van der Waals surface area contributed by atoms with Crippen LogP contribution in [0.5, 0.6) is 0 Å². The third kappa shape index (κ3) is 2.90. The summed E-state index contributed by atoms with van der Waals surface area (Å²) in [6, 6.07) is 6.42. The number of halogens is 1. The van der Waals surface area contributed by atoms with Gasteiger partial charge in [-0.25, -0.2) is 4.39 Å². The van der Waals surface area contributed by atoms with Crippen LogP contribution in [0.3, 0.4) is 0 Å². The van der Waals surface area contributed by atoms with Crippen LogP contribution in [-0.4, -0.2) is 17.7 Å². The molecule has 2 rings (SSSR count). The molecule has 0 radical (unpaired) electrons. The maximum atomic E-state index is 12.7. The number of benzene rings is 1. The molecule has 0 fully saturated rings. The molecule has 2 N–H and O–H groups in total. The molecule has 1 aliphatic rings. The van der Waals surface area contributed by atoms with Crippen molar-refractivity contribution in [3.63, 3.8) is 0 Å². The lowest BCUT2D eigenvalue weighted by molar-refractivity contribution is 0.170. The number of aliphatic hydroxyl groups is 1. The maximum absolute atomic E-state index is 12.7. The van der Waals surface area contributed by atoms with Crippen LogP contribution in [-0.2, 0) is 0 Å². The van der Waals surface area contributed by atoms with Gasteiger partial charge in [-0.3, -0.25) is 0 Å². The van der Waals surface area contributed by atoms with Crippen molar-refractivity contribution in [2.75, 3.05) is 6.54 Å². The zero-order chi connectivity index (χ0) is 11.4. The molecule has 0 saturated carbocycles. The van der Waals surface area contributed by atoms with Gasteiger partial charge in [0.1, 0.15) is 5.82 Å². The third-order valence-electron chi connectivity index (χ3n) is 2.86. The normalized spacial score (nSPS) is 17.9. The summed E-state index contributed by atoms with van der Waals surface area (Å²) in [6.45, 7) is 0.512. The Kier molecular flexibility index (Phi) is 3.70. The summed E-state index contributed by atoms with van der Waals surface area (Å²) >= 11 is 0. The summed E-state index contributed by atoms with van der Waals surface area (Å²) in [5, 5.41) is 13.2. The number of aliphatic hydroxyl groups excluding tert-OH is 1. The lowest BCUT2D eigenvalue weighted by Gasteiger charge is -2.16. The van der Waals surface area contributed by atoms with Crippen LogP contribution in [0.2, 0.25) is 0 Å². The molecule has 1 unspecified atom stereocenters. The molecule has 86 valence electrons. The van der Waals surface area contributed by atoms with E-state index >= 15 is 0 Å². The summed E-state index contributed by atoms with van der Waals surface area (Å²) in [6.07, 6.45) is 5.76. The van der Waals surface area contributed by atoms with E-state index in [0.717, 1.165) is 18.4 Å². The van der Waals surface area contributed by atoms with Crippen LogP contribution in [0.4, 0.5) is 4.39 Å².